The second-order valence-electron chi connectivity index (χ2n) is 19.0. The molecular weight excluding hydrogens is 813 g/mol. The fraction of sp³-hybridized carbons (Fsp3) is 0.302. The van der Waals surface area contributed by atoms with Gasteiger partial charge in [-0.1, -0.05) is 204 Å². The molecule has 0 spiro atoms. The van der Waals surface area contributed by atoms with Crippen molar-refractivity contribution in [2.75, 3.05) is 0 Å². The summed E-state index contributed by atoms with van der Waals surface area (Å²) in [6.45, 7) is 11.2. The molecule has 0 saturated heterocycles. The van der Waals surface area contributed by atoms with Crippen molar-refractivity contribution in [2.24, 2.45) is 0 Å². The molecule has 0 amide bonds. The third-order valence-electron chi connectivity index (χ3n) is 14.0. The first-order valence-corrected chi connectivity index (χ1v) is 25.2. The quantitative estimate of drug-likeness (QED) is 0.0760. The molecule has 338 valence electrons. The fourth-order valence-corrected chi connectivity index (χ4v) is 10.1. The highest BCUT2D eigenvalue weighted by molar-refractivity contribution is 5.88. The zero-order valence-corrected chi connectivity index (χ0v) is 40.4. The molecule has 8 aromatic rings. The Balaban J connectivity index is 1.10. The van der Waals surface area contributed by atoms with Gasteiger partial charge in [0.2, 0.25) is 0 Å². The van der Waals surface area contributed by atoms with E-state index < -0.39 is 5.41 Å². The molecule has 1 aliphatic rings. The maximum atomic E-state index is 5.18. The number of unbranched alkanes of at least 4 members (excludes halogenated alkanes) is 7. The van der Waals surface area contributed by atoms with Crippen molar-refractivity contribution >= 4 is 0 Å². The second kappa shape index (κ2) is 21.0. The van der Waals surface area contributed by atoms with Gasteiger partial charge in [-0.3, -0.25) is 4.98 Å². The lowest BCUT2D eigenvalue weighted by molar-refractivity contribution is 0.667. The van der Waals surface area contributed by atoms with Crippen LogP contribution >= 0.6 is 0 Å². The minimum absolute atomic E-state index is 0.498. The van der Waals surface area contributed by atoms with Gasteiger partial charge >= 0.3 is 0 Å². The molecule has 0 N–H and O–H groups in total. The average Bonchev–Trinajstić information content (AvgIpc) is 3.66. The maximum absolute atomic E-state index is 5.18. The average molecular weight is 879 g/mol. The number of pyridine rings is 1. The lowest BCUT2D eigenvalue weighted by atomic mass is 9.67. The molecule has 2 heterocycles. The van der Waals surface area contributed by atoms with Crippen LogP contribution in [0.5, 0.6) is 0 Å². The summed E-state index contributed by atoms with van der Waals surface area (Å²) < 4.78 is 0. The first-order chi connectivity index (χ1) is 32.9. The Bertz CT molecular complexity index is 2770. The predicted molar refractivity (Wildman–Crippen MR) is 280 cm³/mol. The van der Waals surface area contributed by atoms with Gasteiger partial charge in [-0.15, -0.1) is 0 Å². The number of nitrogens with zero attached hydrogens (tertiary/aromatic N) is 4. The number of hydrogen-bond acceptors (Lipinski definition) is 4. The normalized spacial score (nSPS) is 12.6. The molecular formula is C63H66N4. The minimum atomic E-state index is -0.498. The van der Waals surface area contributed by atoms with Gasteiger partial charge in [-0.25, -0.2) is 15.0 Å². The predicted octanol–water partition coefficient (Wildman–Crippen LogP) is 16.5. The van der Waals surface area contributed by atoms with E-state index in [0.29, 0.717) is 17.5 Å². The number of hydrogen-bond donors (Lipinski definition) is 0. The Labute approximate surface area is 400 Å². The maximum Gasteiger partial charge on any atom is 0.165 e. The van der Waals surface area contributed by atoms with E-state index in [1.165, 1.54) is 125 Å². The van der Waals surface area contributed by atoms with Gasteiger partial charge in [0.1, 0.15) is 0 Å². The zero-order valence-electron chi connectivity index (χ0n) is 40.4. The third kappa shape index (κ3) is 9.82. The molecule has 1 aliphatic carbocycles. The number of fused-ring (bicyclic) bond motifs is 3. The van der Waals surface area contributed by atoms with Gasteiger partial charge in [0, 0.05) is 28.5 Å². The number of rotatable bonds is 19. The number of aryl methyl sites for hydroxylation is 5. The molecule has 0 radical (unpaired) electrons. The summed E-state index contributed by atoms with van der Waals surface area (Å²) in [5, 5.41) is 0. The van der Waals surface area contributed by atoms with Crippen molar-refractivity contribution in [2.45, 2.75) is 124 Å². The van der Waals surface area contributed by atoms with E-state index in [9.17, 15) is 0 Å². The molecule has 0 aliphatic heterocycles. The summed E-state index contributed by atoms with van der Waals surface area (Å²) in [7, 11) is 0. The van der Waals surface area contributed by atoms with Crippen LogP contribution in [0.3, 0.4) is 0 Å². The van der Waals surface area contributed by atoms with Crippen LogP contribution in [0.2, 0.25) is 0 Å². The van der Waals surface area contributed by atoms with E-state index in [0.717, 1.165) is 47.2 Å². The molecule has 6 aromatic carbocycles. The first kappa shape index (κ1) is 45.6. The fourth-order valence-electron chi connectivity index (χ4n) is 10.1. The van der Waals surface area contributed by atoms with E-state index >= 15 is 0 Å². The summed E-state index contributed by atoms with van der Waals surface area (Å²) in [5.41, 5.74) is 18.7. The Morgan fingerprint density at radius 3 is 1.30 bits per heavy atom. The van der Waals surface area contributed by atoms with Crippen molar-refractivity contribution in [1.82, 2.24) is 19.9 Å². The van der Waals surface area contributed by atoms with E-state index in [1.54, 1.807) is 0 Å². The molecule has 4 nitrogen and oxygen atoms in total. The Hall–Kier alpha value is -6.52. The van der Waals surface area contributed by atoms with Crippen LogP contribution in [0.4, 0.5) is 0 Å². The summed E-state index contributed by atoms with van der Waals surface area (Å²) in [6.07, 6.45) is 17.6. The van der Waals surface area contributed by atoms with Crippen LogP contribution in [0.25, 0.3) is 56.5 Å². The van der Waals surface area contributed by atoms with Crippen LogP contribution in [0.15, 0.2) is 152 Å². The zero-order chi connectivity index (χ0) is 46.2. The first-order valence-electron chi connectivity index (χ1n) is 25.2. The molecule has 0 fully saturated rings. The molecule has 0 bridgehead atoms. The van der Waals surface area contributed by atoms with Crippen LogP contribution in [0.1, 0.15) is 135 Å². The summed E-state index contributed by atoms with van der Waals surface area (Å²) in [6, 6.07) is 54.5. The highest BCUT2D eigenvalue weighted by Gasteiger charge is 2.46. The van der Waals surface area contributed by atoms with E-state index in [4.69, 9.17) is 19.9 Å². The van der Waals surface area contributed by atoms with Crippen LogP contribution in [-0.2, 0) is 24.7 Å². The molecule has 0 unspecified atom stereocenters. The summed E-state index contributed by atoms with van der Waals surface area (Å²) in [5.74, 6) is 1.96. The van der Waals surface area contributed by atoms with Crippen LogP contribution < -0.4 is 0 Å². The van der Waals surface area contributed by atoms with Crippen LogP contribution in [-0.4, -0.2) is 19.9 Å². The van der Waals surface area contributed by atoms with Gasteiger partial charge in [-0.05, 0) is 121 Å². The molecule has 67 heavy (non-hydrogen) atoms. The van der Waals surface area contributed by atoms with Crippen LogP contribution in [0, 0.1) is 13.8 Å². The third-order valence-corrected chi connectivity index (χ3v) is 14.0. The van der Waals surface area contributed by atoms with E-state index in [1.807, 2.05) is 6.20 Å². The molecule has 0 saturated carbocycles. The number of benzene rings is 6. The topological polar surface area (TPSA) is 51.6 Å². The number of aromatic nitrogens is 4. The van der Waals surface area contributed by atoms with Crippen molar-refractivity contribution in [3.63, 3.8) is 0 Å². The van der Waals surface area contributed by atoms with Gasteiger partial charge in [0.05, 0.1) is 11.1 Å². The molecule has 0 atom stereocenters. The Morgan fingerprint density at radius 1 is 0.373 bits per heavy atom. The smallest absolute Gasteiger partial charge is 0.165 e. The summed E-state index contributed by atoms with van der Waals surface area (Å²) in [4.78, 5) is 20.5. The van der Waals surface area contributed by atoms with Crippen molar-refractivity contribution in [3.8, 4) is 56.5 Å². The van der Waals surface area contributed by atoms with Crippen molar-refractivity contribution in [3.05, 3.63) is 202 Å². The highest BCUT2D eigenvalue weighted by Crippen LogP contribution is 2.57. The van der Waals surface area contributed by atoms with Gasteiger partial charge < -0.3 is 0 Å². The highest BCUT2D eigenvalue weighted by atomic mass is 15.0. The largest absolute Gasteiger partial charge is 0.255 e. The lowest BCUT2D eigenvalue weighted by Crippen LogP contribution is -2.28. The monoisotopic (exact) mass is 879 g/mol. The molecule has 9 rings (SSSR count). The van der Waals surface area contributed by atoms with Gasteiger partial charge in [0.15, 0.2) is 17.5 Å². The van der Waals surface area contributed by atoms with Gasteiger partial charge in [0.25, 0.3) is 0 Å². The van der Waals surface area contributed by atoms with Crippen molar-refractivity contribution in [1.29, 1.82) is 0 Å². The SMILES string of the molecule is CCCCCCc1ccc(-c2nc(-c3ccc(CCCCCC)cc3)nc(-c3ccc(-c4ccc5c(c4)C(c4ccc(C)cc4)(c4ccc(C)cc4)c4cc(CCCC)ccc4-5)nc3)n2)cc1. The summed E-state index contributed by atoms with van der Waals surface area (Å²) >= 11 is 0. The minimum Gasteiger partial charge on any atom is -0.255 e. The van der Waals surface area contributed by atoms with Crippen molar-refractivity contribution < 1.29 is 0 Å². The Kier molecular flexibility index (Phi) is 14.3. The standard InChI is InChI=1S/C63H66N4/c1-6-9-12-14-17-46-23-28-49(29-24-46)60-65-61(50-30-25-47(26-31-50)18-15-13-10-7-2)67-62(66-60)52-33-40-59(64-43-52)51-32-39-56-55-38-27-48(16-11-8-3)41-57(55)63(58(56)42-51,53-34-19-44(4)20-35-53)54-36-21-45(5)22-37-54/h19-43H,6-18H2,1-5H3. The second-order valence-corrected chi connectivity index (χ2v) is 19.0. The van der Waals surface area contributed by atoms with E-state index in [2.05, 4.69) is 180 Å². The Morgan fingerprint density at radius 2 is 0.806 bits per heavy atom. The van der Waals surface area contributed by atoms with E-state index in [-0.39, 0.29) is 0 Å². The molecule has 2 aromatic heterocycles. The molecule has 4 heteroatoms. The lowest BCUT2D eigenvalue weighted by Gasteiger charge is -2.34. The van der Waals surface area contributed by atoms with Gasteiger partial charge in [-0.2, -0.15) is 0 Å².